The summed E-state index contributed by atoms with van der Waals surface area (Å²) in [7, 11) is 0. The van der Waals surface area contributed by atoms with Crippen molar-refractivity contribution in [3.8, 4) is 0 Å². The smallest absolute Gasteiger partial charge is 0.226 e. The molecule has 1 aliphatic rings. The summed E-state index contributed by atoms with van der Waals surface area (Å²) in [6.07, 6.45) is 1.65. The highest BCUT2D eigenvalue weighted by Crippen LogP contribution is 2.31. The Hall–Kier alpha value is -1.16. The van der Waals surface area contributed by atoms with Crippen LogP contribution < -0.4 is 5.73 Å². The average molecular weight is 353 g/mol. The van der Waals surface area contributed by atoms with E-state index in [1.54, 1.807) is 0 Å². The number of carbonyl (C=O) groups excluding carboxylic acids is 1. The summed E-state index contributed by atoms with van der Waals surface area (Å²) in [4.78, 5) is 16.7. The minimum absolute atomic E-state index is 0. The monoisotopic (exact) mass is 352 g/mol. The zero-order chi connectivity index (χ0) is 14.9. The van der Waals surface area contributed by atoms with Crippen molar-refractivity contribution in [3.05, 3.63) is 35.4 Å². The van der Waals surface area contributed by atoms with Crippen LogP contribution in [0, 0.1) is 11.8 Å². The third-order valence-electron chi connectivity index (χ3n) is 3.72. The maximum atomic E-state index is 11.9. The molecular formula is C17H25BrN2O. The Morgan fingerprint density at radius 1 is 1.33 bits per heavy atom. The maximum absolute atomic E-state index is 11.9. The third kappa shape index (κ3) is 4.16. The van der Waals surface area contributed by atoms with Crippen molar-refractivity contribution in [2.24, 2.45) is 22.6 Å². The predicted molar refractivity (Wildman–Crippen MR) is 93.2 cm³/mol. The van der Waals surface area contributed by atoms with Gasteiger partial charge in [-0.3, -0.25) is 9.79 Å². The summed E-state index contributed by atoms with van der Waals surface area (Å²) >= 11 is 0. The first-order chi connectivity index (χ1) is 9.30. The van der Waals surface area contributed by atoms with Gasteiger partial charge in [-0.2, -0.15) is 0 Å². The minimum atomic E-state index is -0.296. The molecule has 1 aliphatic heterocycles. The van der Waals surface area contributed by atoms with Crippen molar-refractivity contribution in [1.29, 1.82) is 0 Å². The van der Waals surface area contributed by atoms with Crippen LogP contribution in [0.1, 0.15) is 45.2 Å². The molecule has 1 aromatic rings. The van der Waals surface area contributed by atoms with Crippen molar-refractivity contribution < 1.29 is 4.79 Å². The molecule has 0 saturated heterocycles. The van der Waals surface area contributed by atoms with Crippen LogP contribution in [0.5, 0.6) is 0 Å². The minimum Gasteiger partial charge on any atom is -0.369 e. The number of hydrogen-bond acceptors (Lipinski definition) is 2. The first kappa shape index (κ1) is 17.9. The van der Waals surface area contributed by atoms with Gasteiger partial charge in [0.1, 0.15) is 0 Å². The molecule has 0 bridgehead atoms. The molecule has 3 nitrogen and oxygen atoms in total. The van der Waals surface area contributed by atoms with Crippen LogP contribution in [0.4, 0.5) is 0 Å². The number of rotatable bonds is 4. The largest absolute Gasteiger partial charge is 0.369 e. The van der Waals surface area contributed by atoms with Crippen molar-refractivity contribution >= 4 is 28.6 Å². The number of amides is 1. The van der Waals surface area contributed by atoms with Crippen LogP contribution in [-0.4, -0.2) is 17.2 Å². The summed E-state index contributed by atoms with van der Waals surface area (Å²) in [5, 5.41) is 0. The van der Waals surface area contributed by atoms with E-state index < -0.39 is 0 Å². The number of nitrogens with zero attached hydrogens (tertiary/aromatic N) is 1. The number of halogens is 1. The molecule has 1 heterocycles. The van der Waals surface area contributed by atoms with Gasteiger partial charge in [-0.25, -0.2) is 0 Å². The predicted octanol–water partition coefficient (Wildman–Crippen LogP) is 3.54. The lowest BCUT2D eigenvalue weighted by molar-refractivity contribution is -0.120. The third-order valence-corrected chi connectivity index (χ3v) is 3.72. The Morgan fingerprint density at radius 2 is 1.95 bits per heavy atom. The Morgan fingerprint density at radius 3 is 2.52 bits per heavy atom. The van der Waals surface area contributed by atoms with Crippen LogP contribution in [0.3, 0.4) is 0 Å². The van der Waals surface area contributed by atoms with Crippen molar-refractivity contribution in [1.82, 2.24) is 0 Å². The molecule has 0 spiro atoms. The van der Waals surface area contributed by atoms with Gasteiger partial charge in [0.25, 0.3) is 0 Å². The summed E-state index contributed by atoms with van der Waals surface area (Å²) in [5.41, 5.74) is 8.70. The topological polar surface area (TPSA) is 55.5 Å². The second-order valence-electron chi connectivity index (χ2n) is 6.73. The number of nitrogens with two attached hydrogens (primary N) is 1. The van der Waals surface area contributed by atoms with Gasteiger partial charge in [0.15, 0.2) is 0 Å². The van der Waals surface area contributed by atoms with Gasteiger partial charge in [-0.05, 0) is 43.7 Å². The SMILES string of the molecule is Br.CC(C)CC(C(N)=O)C1=NC(C)(C)Cc2ccccc21. The van der Waals surface area contributed by atoms with E-state index in [1.165, 1.54) is 5.56 Å². The first-order valence-electron chi connectivity index (χ1n) is 7.27. The lowest BCUT2D eigenvalue weighted by Gasteiger charge is -2.32. The summed E-state index contributed by atoms with van der Waals surface area (Å²) in [6, 6.07) is 8.22. The fourth-order valence-electron chi connectivity index (χ4n) is 2.92. The zero-order valence-electron chi connectivity index (χ0n) is 13.2. The van der Waals surface area contributed by atoms with Crippen LogP contribution in [0.15, 0.2) is 29.3 Å². The molecule has 1 amide bonds. The molecule has 116 valence electrons. The highest BCUT2D eigenvalue weighted by molar-refractivity contribution is 8.93. The Kier molecular flexibility index (Phi) is 5.74. The maximum Gasteiger partial charge on any atom is 0.226 e. The molecule has 4 heteroatoms. The zero-order valence-corrected chi connectivity index (χ0v) is 14.9. The van der Waals surface area contributed by atoms with Crippen LogP contribution >= 0.6 is 17.0 Å². The molecule has 2 rings (SSSR count). The molecule has 1 unspecified atom stereocenters. The molecule has 0 aliphatic carbocycles. The van der Waals surface area contributed by atoms with Crippen molar-refractivity contribution in [3.63, 3.8) is 0 Å². The second-order valence-corrected chi connectivity index (χ2v) is 6.73. The van der Waals surface area contributed by atoms with Gasteiger partial charge in [0.2, 0.25) is 5.91 Å². The lowest BCUT2D eigenvalue weighted by atomic mass is 9.80. The molecule has 0 aromatic heterocycles. The molecule has 0 radical (unpaired) electrons. The lowest BCUT2D eigenvalue weighted by Crippen LogP contribution is -2.38. The van der Waals surface area contributed by atoms with Crippen molar-refractivity contribution in [2.75, 3.05) is 0 Å². The molecule has 21 heavy (non-hydrogen) atoms. The number of aliphatic imine (C=N–C) groups is 1. The standard InChI is InChI=1S/C17H24N2O.BrH/c1-11(2)9-14(16(18)20)15-13-8-6-5-7-12(13)10-17(3,4)19-15;/h5-8,11,14H,9-10H2,1-4H3,(H2,18,20);1H. The fourth-order valence-corrected chi connectivity index (χ4v) is 2.92. The highest BCUT2D eigenvalue weighted by atomic mass is 79.9. The molecule has 1 atom stereocenters. The van der Waals surface area contributed by atoms with Crippen LogP contribution in [0.2, 0.25) is 0 Å². The average Bonchev–Trinajstić information content (AvgIpc) is 2.33. The van der Waals surface area contributed by atoms with E-state index >= 15 is 0 Å². The number of primary amides is 1. The Bertz CT molecular complexity index is 549. The molecular weight excluding hydrogens is 328 g/mol. The molecule has 0 saturated carbocycles. The van der Waals surface area contributed by atoms with Gasteiger partial charge in [-0.15, -0.1) is 17.0 Å². The summed E-state index contributed by atoms with van der Waals surface area (Å²) in [5.74, 6) is -0.159. The number of carbonyl (C=O) groups is 1. The van der Waals surface area contributed by atoms with Gasteiger partial charge in [-0.1, -0.05) is 38.1 Å². The number of benzene rings is 1. The summed E-state index contributed by atoms with van der Waals surface area (Å²) in [6.45, 7) is 8.43. The van der Waals surface area contributed by atoms with Gasteiger partial charge >= 0.3 is 0 Å². The van der Waals surface area contributed by atoms with E-state index in [0.29, 0.717) is 5.92 Å². The van der Waals surface area contributed by atoms with Gasteiger partial charge < -0.3 is 5.73 Å². The quantitative estimate of drug-likeness (QED) is 0.884. The van der Waals surface area contributed by atoms with E-state index in [2.05, 4.69) is 39.8 Å². The van der Waals surface area contributed by atoms with E-state index in [4.69, 9.17) is 10.7 Å². The second kappa shape index (κ2) is 6.73. The van der Waals surface area contributed by atoms with E-state index in [-0.39, 0.29) is 34.3 Å². The van der Waals surface area contributed by atoms with E-state index in [1.807, 2.05) is 12.1 Å². The van der Waals surface area contributed by atoms with Crippen molar-refractivity contribution in [2.45, 2.75) is 46.1 Å². The van der Waals surface area contributed by atoms with Crippen LogP contribution in [0.25, 0.3) is 0 Å². The van der Waals surface area contributed by atoms with E-state index in [9.17, 15) is 4.79 Å². The fraction of sp³-hybridized carbons (Fsp3) is 0.529. The molecule has 0 fully saturated rings. The van der Waals surface area contributed by atoms with Gasteiger partial charge in [0, 0.05) is 0 Å². The van der Waals surface area contributed by atoms with Gasteiger partial charge in [0.05, 0.1) is 17.2 Å². The Balaban J connectivity index is 0.00000220. The summed E-state index contributed by atoms with van der Waals surface area (Å²) < 4.78 is 0. The normalized spacial score (nSPS) is 17.5. The first-order valence-corrected chi connectivity index (χ1v) is 7.27. The number of fused-ring (bicyclic) bond motifs is 1. The van der Waals surface area contributed by atoms with E-state index in [0.717, 1.165) is 24.1 Å². The molecule has 1 aromatic carbocycles. The Labute approximate surface area is 137 Å². The molecule has 2 N–H and O–H groups in total. The van der Waals surface area contributed by atoms with Crippen LogP contribution in [-0.2, 0) is 11.2 Å². The highest BCUT2D eigenvalue weighted by Gasteiger charge is 2.32. The number of hydrogen-bond donors (Lipinski definition) is 1.